The van der Waals surface area contributed by atoms with E-state index in [1.807, 2.05) is 10.8 Å². The van der Waals surface area contributed by atoms with Crippen LogP contribution >= 0.6 is 27.3 Å². The number of thiophene rings is 1. The molecule has 0 aliphatic carbocycles. The predicted molar refractivity (Wildman–Crippen MR) is 51.6 cm³/mol. The van der Waals surface area contributed by atoms with Gasteiger partial charge >= 0.3 is 0 Å². The fourth-order valence-corrected chi connectivity index (χ4v) is 2.96. The Bertz CT molecular complexity index is 296. The first kappa shape index (κ1) is 9.58. The van der Waals surface area contributed by atoms with Crippen LogP contribution in [-0.2, 0) is 15.3 Å². The molecule has 2 rings (SSSR count). The van der Waals surface area contributed by atoms with E-state index in [2.05, 4.69) is 15.9 Å². The summed E-state index contributed by atoms with van der Waals surface area (Å²) in [5.41, 5.74) is 0.748. The minimum atomic E-state index is -1.15. The second-order valence-corrected chi connectivity index (χ2v) is 4.31. The summed E-state index contributed by atoms with van der Waals surface area (Å²) in [6, 6.07) is 0. The van der Waals surface area contributed by atoms with Crippen molar-refractivity contribution in [1.82, 2.24) is 0 Å². The maximum absolute atomic E-state index is 12.8. The Morgan fingerprint density at radius 3 is 2.62 bits per heavy atom. The minimum Gasteiger partial charge on any atom is -0.341 e. The summed E-state index contributed by atoms with van der Waals surface area (Å²) in [7, 11) is 0. The van der Waals surface area contributed by atoms with Crippen LogP contribution in [0.1, 0.15) is 5.56 Å². The summed E-state index contributed by atoms with van der Waals surface area (Å²) in [6.07, 6.45) is 0. The number of rotatable bonds is 2. The van der Waals surface area contributed by atoms with E-state index in [9.17, 15) is 4.39 Å². The van der Waals surface area contributed by atoms with Crippen LogP contribution in [-0.4, -0.2) is 19.9 Å². The molecule has 0 atom stereocenters. The van der Waals surface area contributed by atoms with Crippen molar-refractivity contribution in [1.29, 1.82) is 0 Å². The van der Waals surface area contributed by atoms with Crippen LogP contribution in [0.3, 0.4) is 0 Å². The molecule has 0 unspecified atom stereocenters. The second-order valence-electron chi connectivity index (χ2n) is 2.72. The first-order valence-corrected chi connectivity index (χ1v) is 5.58. The van der Waals surface area contributed by atoms with Gasteiger partial charge in [0.15, 0.2) is 0 Å². The number of ether oxygens (including phenoxy) is 2. The smallest absolute Gasteiger partial charge is 0.226 e. The minimum absolute atomic E-state index is 0.451. The topological polar surface area (TPSA) is 18.5 Å². The normalized spacial score (nSPS) is 20.8. The van der Waals surface area contributed by atoms with E-state index in [1.165, 1.54) is 11.3 Å². The molecular weight excluding hydrogens is 259 g/mol. The standard InChI is InChI=1S/C8H8BrFO2S/c9-7-4-13-3-6(7)8(5-10)11-1-2-12-8/h3-4H,1-2,5H2. The Balaban J connectivity index is 2.36. The lowest BCUT2D eigenvalue weighted by molar-refractivity contribution is -0.176. The molecule has 1 aromatic rings. The average Bonchev–Trinajstić information content (AvgIpc) is 2.73. The fraction of sp³-hybridized carbons (Fsp3) is 0.500. The largest absolute Gasteiger partial charge is 0.341 e. The van der Waals surface area contributed by atoms with Gasteiger partial charge in [-0.3, -0.25) is 0 Å². The van der Waals surface area contributed by atoms with E-state index in [1.54, 1.807) is 0 Å². The Kier molecular flexibility index (Phi) is 2.69. The van der Waals surface area contributed by atoms with Gasteiger partial charge in [0.1, 0.15) is 6.67 Å². The first-order chi connectivity index (χ1) is 6.28. The monoisotopic (exact) mass is 266 g/mol. The van der Waals surface area contributed by atoms with Crippen LogP contribution in [0.5, 0.6) is 0 Å². The number of halogens is 2. The van der Waals surface area contributed by atoms with E-state index in [-0.39, 0.29) is 0 Å². The van der Waals surface area contributed by atoms with Gasteiger partial charge in [0.05, 0.1) is 13.2 Å². The lowest BCUT2D eigenvalue weighted by Gasteiger charge is -2.23. The third kappa shape index (κ3) is 1.54. The molecular formula is C8H8BrFO2S. The zero-order chi connectivity index (χ0) is 9.31. The summed E-state index contributed by atoms with van der Waals surface area (Å²) in [5, 5.41) is 3.73. The molecule has 0 N–H and O–H groups in total. The molecule has 1 aliphatic heterocycles. The molecule has 0 radical (unpaired) electrons. The van der Waals surface area contributed by atoms with E-state index < -0.39 is 12.5 Å². The van der Waals surface area contributed by atoms with E-state index in [0.717, 1.165) is 10.0 Å². The molecule has 1 aromatic heterocycles. The number of hydrogen-bond acceptors (Lipinski definition) is 3. The van der Waals surface area contributed by atoms with Gasteiger partial charge in [-0.1, -0.05) is 0 Å². The molecule has 72 valence electrons. The summed E-state index contributed by atoms with van der Waals surface area (Å²) < 4.78 is 24.3. The van der Waals surface area contributed by atoms with E-state index >= 15 is 0 Å². The highest BCUT2D eigenvalue weighted by atomic mass is 79.9. The molecule has 13 heavy (non-hydrogen) atoms. The Morgan fingerprint density at radius 2 is 2.15 bits per heavy atom. The van der Waals surface area contributed by atoms with Crippen LogP contribution < -0.4 is 0 Å². The molecule has 5 heteroatoms. The summed E-state index contributed by atoms with van der Waals surface area (Å²) in [6.45, 7) is 0.251. The van der Waals surface area contributed by atoms with Crippen LogP contribution in [0.25, 0.3) is 0 Å². The first-order valence-electron chi connectivity index (χ1n) is 3.84. The van der Waals surface area contributed by atoms with Crippen molar-refractivity contribution in [3.8, 4) is 0 Å². The summed E-state index contributed by atoms with van der Waals surface area (Å²) >= 11 is 4.83. The molecule has 0 spiro atoms. The van der Waals surface area contributed by atoms with Gasteiger partial charge < -0.3 is 9.47 Å². The maximum Gasteiger partial charge on any atom is 0.226 e. The summed E-state index contributed by atoms with van der Waals surface area (Å²) in [5.74, 6) is -1.15. The molecule has 2 heterocycles. The molecule has 1 saturated heterocycles. The Hall–Kier alpha value is 0.0300. The van der Waals surface area contributed by atoms with Gasteiger partial charge in [0.2, 0.25) is 5.79 Å². The van der Waals surface area contributed by atoms with Crippen molar-refractivity contribution >= 4 is 27.3 Å². The van der Waals surface area contributed by atoms with Crippen molar-refractivity contribution in [2.75, 3.05) is 19.9 Å². The molecule has 0 saturated carbocycles. The van der Waals surface area contributed by atoms with Gasteiger partial charge in [-0.2, -0.15) is 11.3 Å². The van der Waals surface area contributed by atoms with E-state index in [0.29, 0.717) is 13.2 Å². The Labute approximate surface area is 87.8 Å². The quantitative estimate of drug-likeness (QED) is 0.820. The predicted octanol–water partition coefficient (Wildman–Crippen LogP) is 2.68. The van der Waals surface area contributed by atoms with Crippen molar-refractivity contribution in [2.45, 2.75) is 5.79 Å². The molecule has 2 nitrogen and oxygen atoms in total. The lowest BCUT2D eigenvalue weighted by atomic mass is 10.1. The molecule has 0 amide bonds. The van der Waals surface area contributed by atoms with Crippen molar-refractivity contribution in [3.05, 3.63) is 20.8 Å². The zero-order valence-electron chi connectivity index (χ0n) is 6.76. The van der Waals surface area contributed by atoms with Crippen LogP contribution in [0, 0.1) is 0 Å². The van der Waals surface area contributed by atoms with Gasteiger partial charge in [0, 0.05) is 20.8 Å². The summed E-state index contributed by atoms with van der Waals surface area (Å²) in [4.78, 5) is 0. The van der Waals surface area contributed by atoms with Crippen LogP contribution in [0.15, 0.2) is 15.2 Å². The molecule has 0 bridgehead atoms. The fourth-order valence-electron chi connectivity index (χ4n) is 1.31. The molecule has 0 aromatic carbocycles. The van der Waals surface area contributed by atoms with Gasteiger partial charge in [-0.15, -0.1) is 0 Å². The van der Waals surface area contributed by atoms with Crippen molar-refractivity contribution in [3.63, 3.8) is 0 Å². The van der Waals surface area contributed by atoms with Gasteiger partial charge in [0.25, 0.3) is 0 Å². The highest BCUT2D eigenvalue weighted by Gasteiger charge is 2.40. The Morgan fingerprint density at radius 1 is 1.46 bits per heavy atom. The van der Waals surface area contributed by atoms with Crippen LogP contribution in [0.4, 0.5) is 4.39 Å². The average molecular weight is 267 g/mol. The third-order valence-corrected chi connectivity index (χ3v) is 3.66. The second kappa shape index (κ2) is 3.65. The zero-order valence-corrected chi connectivity index (χ0v) is 9.16. The van der Waals surface area contributed by atoms with E-state index in [4.69, 9.17) is 9.47 Å². The molecule has 1 fully saturated rings. The maximum atomic E-state index is 12.8. The lowest BCUT2D eigenvalue weighted by Crippen LogP contribution is -2.29. The van der Waals surface area contributed by atoms with Crippen molar-refractivity contribution < 1.29 is 13.9 Å². The highest BCUT2D eigenvalue weighted by Crippen LogP contribution is 2.38. The van der Waals surface area contributed by atoms with Gasteiger partial charge in [-0.05, 0) is 15.9 Å². The molecule has 1 aliphatic rings. The van der Waals surface area contributed by atoms with Crippen LogP contribution in [0.2, 0.25) is 0 Å². The number of alkyl halides is 1. The van der Waals surface area contributed by atoms with Gasteiger partial charge in [-0.25, -0.2) is 4.39 Å². The van der Waals surface area contributed by atoms with Crippen molar-refractivity contribution in [2.24, 2.45) is 0 Å². The SMILES string of the molecule is FCC1(c2cscc2Br)OCCO1. The highest BCUT2D eigenvalue weighted by molar-refractivity contribution is 9.10. The third-order valence-electron chi connectivity index (χ3n) is 1.95. The number of hydrogen-bond donors (Lipinski definition) is 0.